The van der Waals surface area contributed by atoms with Gasteiger partial charge in [-0.25, -0.2) is 4.98 Å². The van der Waals surface area contributed by atoms with Crippen molar-refractivity contribution in [3.05, 3.63) is 15.6 Å². The van der Waals surface area contributed by atoms with E-state index >= 15 is 0 Å². The molecule has 0 aliphatic rings. The summed E-state index contributed by atoms with van der Waals surface area (Å²) in [6.45, 7) is 5.67. The third kappa shape index (κ3) is 2.62. The van der Waals surface area contributed by atoms with E-state index in [9.17, 15) is 4.79 Å². The van der Waals surface area contributed by atoms with Crippen molar-refractivity contribution >= 4 is 17.1 Å². The van der Waals surface area contributed by atoms with E-state index in [2.05, 4.69) is 11.9 Å². The highest BCUT2D eigenvalue weighted by atomic mass is 32.1. The highest BCUT2D eigenvalue weighted by Gasteiger charge is 2.10. The monoisotopic (exact) mass is 197 g/mol. The Morgan fingerprint density at radius 3 is 2.69 bits per heavy atom. The second-order valence-corrected chi connectivity index (χ2v) is 4.27. The third-order valence-electron chi connectivity index (χ3n) is 1.90. The molecule has 0 saturated heterocycles. The van der Waals surface area contributed by atoms with E-state index in [1.807, 2.05) is 6.92 Å². The molecule has 2 nitrogen and oxygen atoms in total. The summed E-state index contributed by atoms with van der Waals surface area (Å²) in [7, 11) is 0. The molecule has 0 aliphatic heterocycles. The average molecular weight is 197 g/mol. The Kier molecular flexibility index (Phi) is 3.60. The van der Waals surface area contributed by atoms with E-state index in [1.54, 1.807) is 18.3 Å². The number of aromatic nitrogens is 1. The SMILES string of the molecule is CCCCc1nc(C)c(C(C)=O)s1. The smallest absolute Gasteiger partial charge is 0.171 e. The van der Waals surface area contributed by atoms with Gasteiger partial charge in [0.05, 0.1) is 15.6 Å². The fourth-order valence-electron chi connectivity index (χ4n) is 1.21. The zero-order valence-electron chi connectivity index (χ0n) is 8.39. The Bertz CT molecular complexity index is 304. The average Bonchev–Trinajstić information content (AvgIpc) is 2.43. The van der Waals surface area contributed by atoms with Gasteiger partial charge in [-0.3, -0.25) is 4.79 Å². The summed E-state index contributed by atoms with van der Waals surface area (Å²) in [5, 5.41) is 1.10. The van der Waals surface area contributed by atoms with Crippen LogP contribution in [0.3, 0.4) is 0 Å². The number of hydrogen-bond acceptors (Lipinski definition) is 3. The number of carbonyl (C=O) groups excluding carboxylic acids is 1. The summed E-state index contributed by atoms with van der Waals surface area (Å²) in [6, 6.07) is 0. The van der Waals surface area contributed by atoms with Crippen molar-refractivity contribution in [2.45, 2.75) is 40.0 Å². The number of nitrogens with zero attached hydrogens (tertiary/aromatic N) is 1. The molecule has 0 fully saturated rings. The molecule has 1 aromatic heterocycles. The van der Waals surface area contributed by atoms with Crippen LogP contribution in [-0.2, 0) is 6.42 Å². The first-order valence-electron chi connectivity index (χ1n) is 4.62. The van der Waals surface area contributed by atoms with E-state index in [1.165, 1.54) is 6.42 Å². The molecule has 0 saturated carbocycles. The number of thiazole rings is 1. The van der Waals surface area contributed by atoms with Crippen molar-refractivity contribution in [3.8, 4) is 0 Å². The van der Waals surface area contributed by atoms with Crippen LogP contribution in [0.25, 0.3) is 0 Å². The molecule has 1 rings (SSSR count). The molecule has 0 aliphatic carbocycles. The maximum atomic E-state index is 11.1. The molecule has 0 spiro atoms. The van der Waals surface area contributed by atoms with Crippen molar-refractivity contribution in [2.24, 2.45) is 0 Å². The van der Waals surface area contributed by atoms with Crippen LogP contribution in [0.4, 0.5) is 0 Å². The predicted octanol–water partition coefficient (Wildman–Crippen LogP) is 3.00. The second-order valence-electron chi connectivity index (χ2n) is 3.18. The minimum atomic E-state index is 0.137. The van der Waals surface area contributed by atoms with Crippen LogP contribution in [0.1, 0.15) is 47.1 Å². The molecular weight excluding hydrogens is 182 g/mol. The predicted molar refractivity (Wildman–Crippen MR) is 55.5 cm³/mol. The Labute approximate surface area is 83.0 Å². The van der Waals surface area contributed by atoms with E-state index in [0.717, 1.165) is 28.4 Å². The first kappa shape index (κ1) is 10.4. The van der Waals surface area contributed by atoms with E-state index in [0.29, 0.717) is 0 Å². The van der Waals surface area contributed by atoms with Crippen LogP contribution < -0.4 is 0 Å². The van der Waals surface area contributed by atoms with Crippen LogP contribution in [-0.4, -0.2) is 10.8 Å². The summed E-state index contributed by atoms with van der Waals surface area (Å²) >= 11 is 1.55. The largest absolute Gasteiger partial charge is 0.294 e. The number of ketones is 1. The number of rotatable bonds is 4. The van der Waals surface area contributed by atoms with Gasteiger partial charge in [0, 0.05) is 6.92 Å². The number of carbonyl (C=O) groups is 1. The van der Waals surface area contributed by atoms with Crippen molar-refractivity contribution in [2.75, 3.05) is 0 Å². The van der Waals surface area contributed by atoms with Crippen LogP contribution in [0.5, 0.6) is 0 Å². The number of aryl methyl sites for hydroxylation is 2. The maximum absolute atomic E-state index is 11.1. The summed E-state index contributed by atoms with van der Waals surface area (Å²) < 4.78 is 0. The van der Waals surface area contributed by atoms with Crippen molar-refractivity contribution in [1.82, 2.24) is 4.98 Å². The molecule has 0 atom stereocenters. The van der Waals surface area contributed by atoms with Crippen molar-refractivity contribution in [1.29, 1.82) is 0 Å². The van der Waals surface area contributed by atoms with Crippen LogP contribution in [0, 0.1) is 6.92 Å². The zero-order chi connectivity index (χ0) is 9.84. The number of Topliss-reactive ketones (excluding diaryl/α,β-unsaturated/α-hetero) is 1. The highest BCUT2D eigenvalue weighted by Crippen LogP contribution is 2.19. The fraction of sp³-hybridized carbons (Fsp3) is 0.600. The summed E-state index contributed by atoms with van der Waals surface area (Å²) in [6.07, 6.45) is 3.34. The molecule has 0 N–H and O–H groups in total. The van der Waals surface area contributed by atoms with Gasteiger partial charge >= 0.3 is 0 Å². The molecular formula is C10H15NOS. The van der Waals surface area contributed by atoms with Crippen molar-refractivity contribution < 1.29 is 4.79 Å². The topological polar surface area (TPSA) is 30.0 Å². The lowest BCUT2D eigenvalue weighted by atomic mass is 10.2. The van der Waals surface area contributed by atoms with Crippen LogP contribution >= 0.6 is 11.3 Å². The quantitative estimate of drug-likeness (QED) is 0.694. The molecule has 1 aromatic rings. The molecule has 0 amide bonds. The summed E-state index contributed by atoms with van der Waals surface area (Å²) in [4.78, 5) is 16.3. The van der Waals surface area contributed by atoms with Gasteiger partial charge in [0.25, 0.3) is 0 Å². The summed E-state index contributed by atoms with van der Waals surface area (Å²) in [5.41, 5.74) is 0.892. The molecule has 0 unspecified atom stereocenters. The van der Waals surface area contributed by atoms with Crippen LogP contribution in [0.2, 0.25) is 0 Å². The first-order valence-corrected chi connectivity index (χ1v) is 5.44. The molecule has 0 radical (unpaired) electrons. The molecule has 0 bridgehead atoms. The summed E-state index contributed by atoms with van der Waals surface area (Å²) in [5.74, 6) is 0.137. The van der Waals surface area contributed by atoms with Crippen molar-refractivity contribution in [3.63, 3.8) is 0 Å². The third-order valence-corrected chi connectivity index (χ3v) is 3.22. The van der Waals surface area contributed by atoms with Gasteiger partial charge in [0.2, 0.25) is 0 Å². The Hall–Kier alpha value is -0.700. The minimum absolute atomic E-state index is 0.137. The highest BCUT2D eigenvalue weighted by molar-refractivity contribution is 7.13. The first-order chi connectivity index (χ1) is 6.15. The van der Waals surface area contributed by atoms with Gasteiger partial charge in [-0.15, -0.1) is 11.3 Å². The number of hydrogen-bond donors (Lipinski definition) is 0. The van der Waals surface area contributed by atoms with Crippen LogP contribution in [0.15, 0.2) is 0 Å². The van der Waals surface area contributed by atoms with E-state index < -0.39 is 0 Å². The zero-order valence-corrected chi connectivity index (χ0v) is 9.20. The molecule has 13 heavy (non-hydrogen) atoms. The molecule has 3 heteroatoms. The fourth-order valence-corrected chi connectivity index (χ4v) is 2.22. The van der Waals surface area contributed by atoms with E-state index in [-0.39, 0.29) is 5.78 Å². The van der Waals surface area contributed by atoms with E-state index in [4.69, 9.17) is 0 Å². The minimum Gasteiger partial charge on any atom is -0.294 e. The Balaban J connectivity index is 2.76. The molecule has 0 aromatic carbocycles. The Morgan fingerprint density at radius 1 is 1.54 bits per heavy atom. The van der Waals surface area contributed by atoms with Gasteiger partial charge in [0.15, 0.2) is 5.78 Å². The number of unbranched alkanes of at least 4 members (excludes halogenated alkanes) is 1. The van der Waals surface area contributed by atoms with Gasteiger partial charge in [-0.1, -0.05) is 13.3 Å². The van der Waals surface area contributed by atoms with Gasteiger partial charge < -0.3 is 0 Å². The van der Waals surface area contributed by atoms with Gasteiger partial charge in [-0.2, -0.15) is 0 Å². The van der Waals surface area contributed by atoms with Gasteiger partial charge in [0.1, 0.15) is 0 Å². The molecule has 1 heterocycles. The second kappa shape index (κ2) is 4.51. The maximum Gasteiger partial charge on any atom is 0.171 e. The molecule has 72 valence electrons. The standard InChI is InChI=1S/C10H15NOS/c1-4-5-6-9-11-7(2)10(13-9)8(3)12/h4-6H2,1-3H3. The van der Waals surface area contributed by atoms with Gasteiger partial charge in [-0.05, 0) is 19.8 Å². The Morgan fingerprint density at radius 2 is 2.23 bits per heavy atom. The lowest BCUT2D eigenvalue weighted by Gasteiger charge is -1.90. The lowest BCUT2D eigenvalue weighted by Crippen LogP contribution is -1.89. The lowest BCUT2D eigenvalue weighted by molar-refractivity contribution is 0.102. The normalized spacial score (nSPS) is 10.4.